The van der Waals surface area contributed by atoms with Crippen LogP contribution in [0.15, 0.2) is 6.08 Å². The molecule has 0 aromatic rings. The molecule has 0 aromatic carbocycles. The Morgan fingerprint density at radius 1 is 1.38 bits per heavy atom. The fourth-order valence-electron chi connectivity index (χ4n) is 2.59. The zero-order valence-electron chi connectivity index (χ0n) is 11.4. The van der Waals surface area contributed by atoms with Gasteiger partial charge in [-0.2, -0.15) is 0 Å². The first-order valence-corrected chi connectivity index (χ1v) is 10.1. The fourth-order valence-corrected chi connectivity index (χ4v) is 3.68. The van der Waals surface area contributed by atoms with Crippen LogP contribution >= 0.6 is 0 Å². The van der Waals surface area contributed by atoms with E-state index < -0.39 is 8.32 Å². The van der Waals surface area contributed by atoms with Crippen molar-refractivity contribution in [2.45, 2.75) is 71.2 Å². The molecule has 1 atom stereocenters. The van der Waals surface area contributed by atoms with Gasteiger partial charge in [-0.1, -0.05) is 38.8 Å². The monoisotopic (exact) mass is 239 g/mol. The standard InChI is InChI=1S/C14H27OSi/c1-6-8-10-14(11-9-12-14)13(7-2)15-16(3,4)5/h2,7,13H,6,8-12H2,1,3-5H3. The summed E-state index contributed by atoms with van der Waals surface area (Å²) in [6.45, 7) is 14.8. The molecule has 0 saturated heterocycles. The average Bonchev–Trinajstić information content (AvgIpc) is 2.12. The molecule has 16 heavy (non-hydrogen) atoms. The van der Waals surface area contributed by atoms with Crippen LogP contribution in [-0.4, -0.2) is 14.4 Å². The van der Waals surface area contributed by atoms with E-state index in [1.54, 1.807) is 0 Å². The zero-order valence-corrected chi connectivity index (χ0v) is 12.4. The fraction of sp³-hybridized carbons (Fsp3) is 0.857. The molecule has 0 bridgehead atoms. The minimum Gasteiger partial charge on any atom is -0.411 e. The first-order chi connectivity index (χ1) is 7.43. The van der Waals surface area contributed by atoms with Crippen molar-refractivity contribution in [3.63, 3.8) is 0 Å². The normalized spacial score (nSPS) is 21.2. The lowest BCUT2D eigenvalue weighted by atomic mass is 9.62. The van der Waals surface area contributed by atoms with E-state index in [2.05, 4.69) is 26.6 Å². The highest BCUT2D eigenvalue weighted by atomic mass is 28.4. The number of hydrogen-bond donors (Lipinski definition) is 0. The van der Waals surface area contributed by atoms with Gasteiger partial charge in [0.2, 0.25) is 0 Å². The highest BCUT2D eigenvalue weighted by Crippen LogP contribution is 2.49. The summed E-state index contributed by atoms with van der Waals surface area (Å²) in [5.74, 6) is 0. The molecule has 1 aliphatic rings. The second-order valence-corrected chi connectivity index (χ2v) is 10.6. The predicted octanol–water partition coefficient (Wildman–Crippen LogP) is 4.56. The van der Waals surface area contributed by atoms with E-state index in [-0.39, 0.29) is 6.10 Å². The Hall–Kier alpha value is -0.0831. The van der Waals surface area contributed by atoms with Crippen molar-refractivity contribution in [3.8, 4) is 0 Å². The van der Waals surface area contributed by atoms with Crippen LogP contribution in [0, 0.1) is 12.0 Å². The molecular weight excluding hydrogens is 212 g/mol. The molecule has 1 aliphatic carbocycles. The van der Waals surface area contributed by atoms with E-state index in [0.717, 1.165) is 0 Å². The minimum absolute atomic E-state index is 0.194. The third-order valence-corrected chi connectivity index (χ3v) is 4.60. The molecule has 0 aliphatic heterocycles. The van der Waals surface area contributed by atoms with Gasteiger partial charge in [0.25, 0.3) is 0 Å². The van der Waals surface area contributed by atoms with Gasteiger partial charge in [-0.3, -0.25) is 0 Å². The molecular formula is C14H27OSi. The van der Waals surface area contributed by atoms with Crippen molar-refractivity contribution in [1.82, 2.24) is 0 Å². The highest BCUT2D eigenvalue weighted by Gasteiger charge is 2.44. The summed E-state index contributed by atoms with van der Waals surface area (Å²) < 4.78 is 6.25. The molecule has 1 nitrogen and oxygen atoms in total. The van der Waals surface area contributed by atoms with Gasteiger partial charge in [0.1, 0.15) is 0 Å². The van der Waals surface area contributed by atoms with Gasteiger partial charge in [0, 0.05) is 0 Å². The van der Waals surface area contributed by atoms with E-state index in [9.17, 15) is 0 Å². The Morgan fingerprint density at radius 2 is 2.00 bits per heavy atom. The molecule has 0 amide bonds. The van der Waals surface area contributed by atoms with Crippen molar-refractivity contribution in [2.24, 2.45) is 5.41 Å². The number of rotatable bonds is 7. The molecule has 1 rings (SSSR count). The molecule has 0 N–H and O–H groups in total. The Morgan fingerprint density at radius 3 is 2.31 bits per heavy atom. The molecule has 93 valence electrons. The van der Waals surface area contributed by atoms with Crippen LogP contribution in [0.2, 0.25) is 19.6 Å². The molecule has 1 radical (unpaired) electrons. The van der Waals surface area contributed by atoms with E-state index in [1.807, 2.05) is 6.08 Å². The maximum atomic E-state index is 6.25. The molecule has 1 fully saturated rings. The molecule has 0 aromatic heterocycles. The van der Waals surface area contributed by atoms with Gasteiger partial charge in [-0.05, 0) is 44.3 Å². The maximum Gasteiger partial charge on any atom is 0.184 e. The highest BCUT2D eigenvalue weighted by molar-refractivity contribution is 6.69. The lowest BCUT2D eigenvalue weighted by Crippen LogP contribution is -2.46. The Balaban J connectivity index is 2.64. The van der Waals surface area contributed by atoms with Gasteiger partial charge in [-0.25, -0.2) is 0 Å². The van der Waals surface area contributed by atoms with Crippen molar-refractivity contribution in [2.75, 3.05) is 0 Å². The predicted molar refractivity (Wildman–Crippen MR) is 72.9 cm³/mol. The summed E-state index contributed by atoms with van der Waals surface area (Å²) in [4.78, 5) is 0. The Kier molecular flexibility index (Phi) is 4.81. The van der Waals surface area contributed by atoms with E-state index in [4.69, 9.17) is 11.0 Å². The van der Waals surface area contributed by atoms with Crippen molar-refractivity contribution in [3.05, 3.63) is 12.7 Å². The van der Waals surface area contributed by atoms with Crippen molar-refractivity contribution in [1.29, 1.82) is 0 Å². The summed E-state index contributed by atoms with van der Waals surface area (Å²) in [6.07, 6.45) is 9.82. The van der Waals surface area contributed by atoms with Crippen LogP contribution < -0.4 is 0 Å². The SMILES string of the molecule is [CH]=CC(O[Si](C)(C)C)C1(CCCC)CCC1. The average molecular weight is 239 g/mol. The quantitative estimate of drug-likeness (QED) is 0.592. The maximum absolute atomic E-state index is 6.25. The smallest absolute Gasteiger partial charge is 0.184 e. The molecule has 0 heterocycles. The molecule has 1 saturated carbocycles. The third-order valence-electron chi connectivity index (χ3n) is 3.64. The second-order valence-electron chi connectivity index (χ2n) is 6.16. The van der Waals surface area contributed by atoms with Crippen LogP contribution in [0.1, 0.15) is 45.4 Å². The minimum atomic E-state index is -1.48. The van der Waals surface area contributed by atoms with Crippen molar-refractivity contribution >= 4 is 8.32 Å². The van der Waals surface area contributed by atoms with Gasteiger partial charge in [0.15, 0.2) is 8.32 Å². The summed E-state index contributed by atoms with van der Waals surface area (Å²) in [5.41, 5.74) is 0.380. The van der Waals surface area contributed by atoms with E-state index in [0.29, 0.717) is 5.41 Å². The first kappa shape index (κ1) is 14.0. The number of unbranched alkanes of at least 4 members (excludes halogenated alkanes) is 1. The molecule has 1 unspecified atom stereocenters. The lowest BCUT2D eigenvalue weighted by molar-refractivity contribution is -0.00343. The van der Waals surface area contributed by atoms with Crippen LogP contribution in [0.3, 0.4) is 0 Å². The molecule has 2 heteroatoms. The van der Waals surface area contributed by atoms with E-state index >= 15 is 0 Å². The largest absolute Gasteiger partial charge is 0.411 e. The second kappa shape index (κ2) is 5.50. The molecule has 0 spiro atoms. The third kappa shape index (κ3) is 3.46. The summed E-state index contributed by atoms with van der Waals surface area (Å²) in [5, 5.41) is 0. The van der Waals surface area contributed by atoms with Crippen LogP contribution in [0.4, 0.5) is 0 Å². The first-order valence-electron chi connectivity index (χ1n) is 6.66. The summed E-state index contributed by atoms with van der Waals surface area (Å²) in [6, 6.07) is 0. The van der Waals surface area contributed by atoms with Gasteiger partial charge in [0.05, 0.1) is 6.10 Å². The van der Waals surface area contributed by atoms with Gasteiger partial charge >= 0.3 is 0 Å². The van der Waals surface area contributed by atoms with Crippen molar-refractivity contribution < 1.29 is 4.43 Å². The Bertz CT molecular complexity index is 225. The topological polar surface area (TPSA) is 9.23 Å². The lowest BCUT2D eigenvalue weighted by Gasteiger charge is -2.48. The van der Waals surface area contributed by atoms with Crippen LogP contribution in [0.25, 0.3) is 0 Å². The summed E-state index contributed by atoms with van der Waals surface area (Å²) >= 11 is 0. The Labute approximate surface area is 102 Å². The van der Waals surface area contributed by atoms with Crippen LogP contribution in [0.5, 0.6) is 0 Å². The van der Waals surface area contributed by atoms with E-state index in [1.165, 1.54) is 38.5 Å². The summed E-state index contributed by atoms with van der Waals surface area (Å²) in [7, 11) is -1.48. The van der Waals surface area contributed by atoms with Crippen LogP contribution in [-0.2, 0) is 4.43 Å². The van der Waals surface area contributed by atoms with Gasteiger partial charge < -0.3 is 4.43 Å². The number of hydrogen-bond acceptors (Lipinski definition) is 1. The zero-order chi connectivity index (χ0) is 12.2. The van der Waals surface area contributed by atoms with Gasteiger partial charge in [-0.15, -0.1) is 0 Å².